The Balaban J connectivity index is 1.78. The summed E-state index contributed by atoms with van der Waals surface area (Å²) in [5.41, 5.74) is 2.80. The molecular weight excluding hydrogens is 275 g/mol. The molecule has 3 heteroatoms. The highest BCUT2D eigenvalue weighted by Gasteiger charge is 2.43. The topological polar surface area (TPSA) is 6.48 Å². The summed E-state index contributed by atoms with van der Waals surface area (Å²) >= 11 is 0. The summed E-state index contributed by atoms with van der Waals surface area (Å²) in [4.78, 5) is 0. The number of anilines is 1. The second kappa shape index (κ2) is 5.44. The van der Waals surface area contributed by atoms with E-state index < -0.39 is 0 Å². The van der Waals surface area contributed by atoms with Crippen molar-refractivity contribution in [3.8, 4) is 0 Å². The number of rotatable bonds is 2. The fourth-order valence-corrected chi connectivity index (χ4v) is 6.49. The number of para-hydroxylation sites is 1. The third-order valence-corrected chi connectivity index (χ3v) is 7.38. The van der Waals surface area contributed by atoms with Crippen LogP contribution in [0.3, 0.4) is 0 Å². The van der Waals surface area contributed by atoms with Gasteiger partial charge in [-0.15, -0.1) is 0 Å². The minimum absolute atomic E-state index is 0.374. The van der Waals surface area contributed by atoms with Gasteiger partial charge in [0.25, 0.3) is 0 Å². The average Bonchev–Trinajstić information content (AvgIpc) is 3.10. The molecule has 2 aliphatic heterocycles. The van der Waals surface area contributed by atoms with Crippen molar-refractivity contribution in [2.45, 2.75) is 25.8 Å². The molecule has 2 saturated heterocycles. The molecule has 0 N–H and O–H groups in total. The highest BCUT2D eigenvalue weighted by molar-refractivity contribution is 7.65. The fourth-order valence-electron chi connectivity index (χ4n) is 3.54. The predicted octanol–water partition coefficient (Wildman–Crippen LogP) is 3.92. The van der Waals surface area contributed by atoms with Crippen LogP contribution >= 0.6 is 8.22 Å². The summed E-state index contributed by atoms with van der Waals surface area (Å²) in [7, 11) is -0.374. The minimum atomic E-state index is -0.374. The number of hydrogen-bond acceptors (Lipinski definition) is 2. The molecule has 2 aliphatic rings. The molecule has 0 spiro atoms. The van der Waals surface area contributed by atoms with E-state index in [0.29, 0.717) is 0 Å². The summed E-state index contributed by atoms with van der Waals surface area (Å²) in [5, 5.41) is 1.53. The van der Waals surface area contributed by atoms with Crippen LogP contribution in [0.5, 0.6) is 0 Å². The van der Waals surface area contributed by atoms with Crippen molar-refractivity contribution >= 4 is 19.2 Å². The first-order valence-electron chi connectivity index (χ1n) is 7.79. The first-order chi connectivity index (χ1) is 10.3. The first kappa shape index (κ1) is 13.3. The van der Waals surface area contributed by atoms with Gasteiger partial charge in [0.15, 0.2) is 0 Å². The average molecular weight is 296 g/mol. The van der Waals surface area contributed by atoms with Crippen LogP contribution in [-0.4, -0.2) is 23.8 Å². The normalized spacial score (nSPS) is 25.3. The van der Waals surface area contributed by atoms with Crippen LogP contribution in [0.1, 0.15) is 18.4 Å². The van der Waals surface area contributed by atoms with Gasteiger partial charge in [0.2, 0.25) is 0 Å². The summed E-state index contributed by atoms with van der Waals surface area (Å²) in [6.07, 6.45) is 2.71. The summed E-state index contributed by atoms with van der Waals surface area (Å²) in [5.74, 6) is 0. The van der Waals surface area contributed by atoms with Crippen molar-refractivity contribution in [1.29, 1.82) is 0 Å². The zero-order chi connectivity index (χ0) is 14.2. The lowest BCUT2D eigenvalue weighted by Gasteiger charge is -2.31. The predicted molar refractivity (Wildman–Crippen MR) is 91.2 cm³/mol. The van der Waals surface area contributed by atoms with Gasteiger partial charge in [0.1, 0.15) is 8.22 Å². The Morgan fingerprint density at radius 3 is 2.57 bits per heavy atom. The van der Waals surface area contributed by atoms with Crippen LogP contribution in [0.15, 0.2) is 54.6 Å². The highest BCUT2D eigenvalue weighted by Crippen LogP contribution is 2.55. The maximum atomic E-state index is 2.77. The van der Waals surface area contributed by atoms with Gasteiger partial charge in [-0.05, 0) is 37.5 Å². The van der Waals surface area contributed by atoms with Gasteiger partial charge in [-0.3, -0.25) is 4.67 Å². The third kappa shape index (κ3) is 2.27. The lowest BCUT2D eigenvalue weighted by atomic mass is 10.2. The standard InChI is InChI=1S/C18H21N2P/c1-15-8-5-6-12-18(15)21-19-13-7-11-17(19)14-20(21)16-9-3-2-4-10-16/h2-6,8-10,12,17H,7,11,13-14H2,1H3/t17-,21?/m0/s1. The monoisotopic (exact) mass is 296 g/mol. The van der Waals surface area contributed by atoms with Gasteiger partial charge in [-0.25, -0.2) is 0 Å². The molecule has 2 atom stereocenters. The Morgan fingerprint density at radius 1 is 1.00 bits per heavy atom. The van der Waals surface area contributed by atoms with Crippen LogP contribution in [-0.2, 0) is 0 Å². The van der Waals surface area contributed by atoms with E-state index in [1.807, 2.05) is 0 Å². The lowest BCUT2D eigenvalue weighted by molar-refractivity contribution is 0.467. The van der Waals surface area contributed by atoms with Crippen LogP contribution in [0.4, 0.5) is 5.69 Å². The van der Waals surface area contributed by atoms with E-state index >= 15 is 0 Å². The molecule has 2 aromatic rings. The number of fused-ring (bicyclic) bond motifs is 1. The second-order valence-electron chi connectivity index (χ2n) is 5.95. The van der Waals surface area contributed by atoms with E-state index in [4.69, 9.17) is 0 Å². The van der Waals surface area contributed by atoms with Gasteiger partial charge < -0.3 is 4.67 Å². The molecule has 2 heterocycles. The van der Waals surface area contributed by atoms with Crippen molar-refractivity contribution in [2.75, 3.05) is 17.8 Å². The molecule has 21 heavy (non-hydrogen) atoms. The number of benzene rings is 2. The lowest BCUT2D eigenvalue weighted by Crippen LogP contribution is -2.24. The second-order valence-corrected chi connectivity index (χ2v) is 8.01. The number of aryl methyl sites for hydroxylation is 1. The van der Waals surface area contributed by atoms with Crippen molar-refractivity contribution in [3.05, 3.63) is 60.2 Å². The van der Waals surface area contributed by atoms with Crippen LogP contribution in [0.25, 0.3) is 0 Å². The number of nitrogens with zero attached hydrogens (tertiary/aromatic N) is 2. The van der Waals surface area contributed by atoms with Crippen molar-refractivity contribution in [3.63, 3.8) is 0 Å². The van der Waals surface area contributed by atoms with Crippen LogP contribution in [0, 0.1) is 6.92 Å². The smallest absolute Gasteiger partial charge is 0.101 e. The van der Waals surface area contributed by atoms with E-state index in [9.17, 15) is 0 Å². The molecule has 0 radical (unpaired) electrons. The van der Waals surface area contributed by atoms with E-state index in [1.54, 1.807) is 0 Å². The molecule has 0 aliphatic carbocycles. The van der Waals surface area contributed by atoms with Crippen molar-refractivity contribution < 1.29 is 0 Å². The zero-order valence-corrected chi connectivity index (χ0v) is 13.3. The third-order valence-electron chi connectivity index (χ3n) is 4.59. The van der Waals surface area contributed by atoms with E-state index in [1.165, 1.54) is 42.5 Å². The van der Waals surface area contributed by atoms with Gasteiger partial charge in [-0.2, -0.15) is 0 Å². The molecule has 0 bridgehead atoms. The Hall–Kier alpha value is -1.37. The summed E-state index contributed by atoms with van der Waals surface area (Å²) in [6, 6.07) is 20.6. The van der Waals surface area contributed by atoms with Gasteiger partial charge >= 0.3 is 0 Å². The van der Waals surface area contributed by atoms with Crippen molar-refractivity contribution in [1.82, 2.24) is 4.67 Å². The van der Waals surface area contributed by atoms with Crippen LogP contribution in [0.2, 0.25) is 0 Å². The van der Waals surface area contributed by atoms with Gasteiger partial charge in [0, 0.05) is 30.1 Å². The Bertz CT molecular complexity index is 628. The molecule has 108 valence electrons. The highest BCUT2D eigenvalue weighted by atomic mass is 31.1. The Kier molecular flexibility index (Phi) is 3.45. The quantitative estimate of drug-likeness (QED) is 0.775. The summed E-state index contributed by atoms with van der Waals surface area (Å²) in [6.45, 7) is 4.70. The largest absolute Gasteiger partial charge is 0.333 e. The molecule has 2 fully saturated rings. The molecular formula is C18H21N2P. The molecule has 0 saturated carbocycles. The molecule has 2 nitrogen and oxygen atoms in total. The molecule has 0 amide bonds. The molecule has 1 unspecified atom stereocenters. The molecule has 4 rings (SSSR count). The van der Waals surface area contributed by atoms with E-state index in [2.05, 4.69) is 70.9 Å². The number of hydrogen-bond donors (Lipinski definition) is 0. The van der Waals surface area contributed by atoms with E-state index in [-0.39, 0.29) is 8.22 Å². The maximum absolute atomic E-state index is 2.77. The van der Waals surface area contributed by atoms with Gasteiger partial charge in [0.05, 0.1) is 0 Å². The Labute approximate surface area is 128 Å². The van der Waals surface area contributed by atoms with E-state index in [0.717, 1.165) is 6.04 Å². The molecule has 2 aromatic carbocycles. The first-order valence-corrected chi connectivity index (χ1v) is 9.04. The Morgan fingerprint density at radius 2 is 1.76 bits per heavy atom. The maximum Gasteiger partial charge on any atom is 0.101 e. The zero-order valence-electron chi connectivity index (χ0n) is 12.4. The van der Waals surface area contributed by atoms with Crippen molar-refractivity contribution in [2.24, 2.45) is 0 Å². The molecule has 0 aromatic heterocycles. The van der Waals surface area contributed by atoms with Gasteiger partial charge in [-0.1, -0.05) is 42.5 Å². The fraction of sp³-hybridized carbons (Fsp3) is 0.333. The SMILES string of the molecule is Cc1ccccc1P1N(c2ccccc2)C[C@@H]2CCCN21. The minimum Gasteiger partial charge on any atom is -0.333 e. The van der Waals surface area contributed by atoms with Crippen LogP contribution < -0.4 is 9.97 Å². The summed E-state index contributed by atoms with van der Waals surface area (Å²) < 4.78 is 5.42.